The summed E-state index contributed by atoms with van der Waals surface area (Å²) in [7, 11) is 1.49. The van der Waals surface area contributed by atoms with Crippen LogP contribution in [0.5, 0.6) is 11.5 Å². The summed E-state index contributed by atoms with van der Waals surface area (Å²) in [6, 6.07) is 14.6. The highest BCUT2D eigenvalue weighted by Crippen LogP contribution is 2.27. The minimum Gasteiger partial charge on any atom is -0.493 e. The van der Waals surface area contributed by atoms with E-state index in [1.807, 2.05) is 37.3 Å². The van der Waals surface area contributed by atoms with E-state index < -0.39 is 0 Å². The van der Waals surface area contributed by atoms with Crippen molar-refractivity contribution in [3.63, 3.8) is 0 Å². The normalized spacial score (nSPS) is 11.3. The standard InChI is InChI=1S/C19H19BrN2O3/c1-3-16(14-5-7-15(20)8-6-14)22-19(23)12-25-17-9-4-13(11-21)10-18(17)24-2/h4-10,16H,3,12H2,1-2H3,(H,22,23)/t16-/m0/s1. The minimum absolute atomic E-state index is 0.0768. The highest BCUT2D eigenvalue weighted by Gasteiger charge is 2.14. The number of hydrogen-bond donors (Lipinski definition) is 1. The van der Waals surface area contributed by atoms with Crippen molar-refractivity contribution < 1.29 is 14.3 Å². The molecule has 0 aliphatic rings. The van der Waals surface area contributed by atoms with Crippen molar-refractivity contribution in [3.05, 3.63) is 58.1 Å². The Hall–Kier alpha value is -2.52. The predicted octanol–water partition coefficient (Wildman–Crippen LogP) is 3.98. The third kappa shape index (κ3) is 5.23. The van der Waals surface area contributed by atoms with Gasteiger partial charge in [0.2, 0.25) is 0 Å². The Labute approximate surface area is 155 Å². The maximum absolute atomic E-state index is 12.2. The third-order valence-corrected chi connectivity index (χ3v) is 4.20. The van der Waals surface area contributed by atoms with Crippen LogP contribution in [0.2, 0.25) is 0 Å². The van der Waals surface area contributed by atoms with Crippen LogP contribution in [0.4, 0.5) is 0 Å². The summed E-state index contributed by atoms with van der Waals surface area (Å²) < 4.78 is 11.7. The quantitative estimate of drug-likeness (QED) is 0.759. The molecular formula is C19H19BrN2O3. The third-order valence-electron chi connectivity index (χ3n) is 3.67. The molecule has 2 rings (SSSR count). The van der Waals surface area contributed by atoms with E-state index in [-0.39, 0.29) is 18.6 Å². The molecule has 0 heterocycles. The molecule has 0 aliphatic carbocycles. The second-order valence-corrected chi connectivity index (χ2v) is 6.26. The average Bonchev–Trinajstić information content (AvgIpc) is 2.65. The van der Waals surface area contributed by atoms with Gasteiger partial charge in [-0.05, 0) is 36.2 Å². The predicted molar refractivity (Wildman–Crippen MR) is 98.5 cm³/mol. The summed E-state index contributed by atoms with van der Waals surface area (Å²) in [5.74, 6) is 0.626. The Morgan fingerprint density at radius 3 is 2.56 bits per heavy atom. The highest BCUT2D eigenvalue weighted by molar-refractivity contribution is 9.10. The molecule has 0 bridgehead atoms. The fraction of sp³-hybridized carbons (Fsp3) is 0.263. The number of methoxy groups -OCH3 is 1. The largest absolute Gasteiger partial charge is 0.493 e. The number of carbonyl (C=O) groups excluding carboxylic acids is 1. The molecule has 0 aliphatic heterocycles. The number of nitriles is 1. The van der Waals surface area contributed by atoms with Gasteiger partial charge in [-0.3, -0.25) is 4.79 Å². The van der Waals surface area contributed by atoms with Crippen molar-refractivity contribution in [2.75, 3.05) is 13.7 Å². The zero-order valence-electron chi connectivity index (χ0n) is 14.1. The van der Waals surface area contributed by atoms with Crippen LogP contribution in [0.25, 0.3) is 0 Å². The van der Waals surface area contributed by atoms with Crippen LogP contribution < -0.4 is 14.8 Å². The van der Waals surface area contributed by atoms with Gasteiger partial charge in [0, 0.05) is 10.5 Å². The van der Waals surface area contributed by atoms with Crippen LogP contribution in [-0.4, -0.2) is 19.6 Å². The fourth-order valence-electron chi connectivity index (χ4n) is 2.35. The first-order valence-corrected chi connectivity index (χ1v) is 8.62. The van der Waals surface area contributed by atoms with Crippen LogP contribution in [-0.2, 0) is 4.79 Å². The number of halogens is 1. The van der Waals surface area contributed by atoms with Crippen LogP contribution >= 0.6 is 15.9 Å². The van der Waals surface area contributed by atoms with Gasteiger partial charge in [0.15, 0.2) is 18.1 Å². The van der Waals surface area contributed by atoms with Crippen LogP contribution in [0.3, 0.4) is 0 Å². The van der Waals surface area contributed by atoms with E-state index in [0.29, 0.717) is 17.1 Å². The van der Waals surface area contributed by atoms with Crippen LogP contribution in [0.15, 0.2) is 46.9 Å². The van der Waals surface area contributed by atoms with Crippen molar-refractivity contribution >= 4 is 21.8 Å². The number of hydrogen-bond acceptors (Lipinski definition) is 4. The Morgan fingerprint density at radius 2 is 1.96 bits per heavy atom. The van der Waals surface area contributed by atoms with Crippen molar-refractivity contribution in [2.45, 2.75) is 19.4 Å². The Morgan fingerprint density at radius 1 is 1.24 bits per heavy atom. The molecule has 2 aromatic rings. The molecule has 0 unspecified atom stereocenters. The lowest BCUT2D eigenvalue weighted by molar-refractivity contribution is -0.123. The first kappa shape index (κ1) is 18.8. The van der Waals surface area contributed by atoms with E-state index in [1.165, 1.54) is 7.11 Å². The number of ether oxygens (including phenoxy) is 2. The number of carbonyl (C=O) groups is 1. The van der Waals surface area contributed by atoms with Crippen molar-refractivity contribution in [1.82, 2.24) is 5.32 Å². The van der Waals surface area contributed by atoms with Crippen molar-refractivity contribution in [1.29, 1.82) is 5.26 Å². The highest BCUT2D eigenvalue weighted by atomic mass is 79.9. The van der Waals surface area contributed by atoms with E-state index >= 15 is 0 Å². The molecule has 0 aromatic heterocycles. The van der Waals surface area contributed by atoms with Crippen molar-refractivity contribution in [2.24, 2.45) is 0 Å². The van der Waals surface area contributed by atoms with Gasteiger partial charge in [0.05, 0.1) is 24.8 Å². The lowest BCUT2D eigenvalue weighted by Gasteiger charge is -2.18. The van der Waals surface area contributed by atoms with Crippen LogP contribution in [0.1, 0.15) is 30.5 Å². The molecule has 0 spiro atoms. The maximum atomic E-state index is 12.2. The summed E-state index contributed by atoms with van der Waals surface area (Å²) in [6.45, 7) is 1.88. The molecule has 5 nitrogen and oxygen atoms in total. The van der Waals surface area contributed by atoms with E-state index in [1.54, 1.807) is 18.2 Å². The SMILES string of the molecule is CC[C@H](NC(=O)COc1ccc(C#N)cc1OC)c1ccc(Br)cc1. The summed E-state index contributed by atoms with van der Waals surface area (Å²) in [4.78, 5) is 12.2. The number of rotatable bonds is 7. The summed E-state index contributed by atoms with van der Waals surface area (Å²) in [6.07, 6.45) is 0.771. The van der Waals surface area contributed by atoms with E-state index in [0.717, 1.165) is 16.5 Å². The summed E-state index contributed by atoms with van der Waals surface area (Å²) in [5, 5.41) is 11.9. The summed E-state index contributed by atoms with van der Waals surface area (Å²) >= 11 is 3.40. The molecule has 1 amide bonds. The molecule has 1 N–H and O–H groups in total. The van der Waals surface area contributed by atoms with Gasteiger partial charge in [0.25, 0.3) is 5.91 Å². The Bertz CT molecular complexity index is 769. The second-order valence-electron chi connectivity index (χ2n) is 5.35. The molecular weight excluding hydrogens is 384 g/mol. The second kappa shape index (κ2) is 9.09. The average molecular weight is 403 g/mol. The molecule has 0 saturated carbocycles. The molecule has 25 heavy (non-hydrogen) atoms. The smallest absolute Gasteiger partial charge is 0.258 e. The number of benzene rings is 2. The van der Waals surface area contributed by atoms with Gasteiger partial charge in [-0.25, -0.2) is 0 Å². The lowest BCUT2D eigenvalue weighted by atomic mass is 10.0. The molecule has 0 fully saturated rings. The van der Waals surface area contributed by atoms with Gasteiger partial charge < -0.3 is 14.8 Å². The zero-order chi connectivity index (χ0) is 18.2. The van der Waals surface area contributed by atoms with Gasteiger partial charge in [0.1, 0.15) is 0 Å². The molecule has 2 aromatic carbocycles. The number of nitrogens with one attached hydrogen (secondary N) is 1. The maximum Gasteiger partial charge on any atom is 0.258 e. The van der Waals surface area contributed by atoms with E-state index in [2.05, 4.69) is 21.2 Å². The topological polar surface area (TPSA) is 71.3 Å². The first-order chi connectivity index (χ1) is 12.1. The van der Waals surface area contributed by atoms with Gasteiger partial charge in [-0.2, -0.15) is 5.26 Å². The van der Waals surface area contributed by atoms with Gasteiger partial charge in [-0.1, -0.05) is 35.0 Å². The molecule has 1 atom stereocenters. The fourth-order valence-corrected chi connectivity index (χ4v) is 2.62. The number of amides is 1. The molecule has 6 heteroatoms. The summed E-state index contributed by atoms with van der Waals surface area (Å²) in [5.41, 5.74) is 1.50. The van der Waals surface area contributed by atoms with Gasteiger partial charge >= 0.3 is 0 Å². The molecule has 0 radical (unpaired) electrons. The number of nitrogens with zero attached hydrogens (tertiary/aromatic N) is 1. The lowest BCUT2D eigenvalue weighted by Crippen LogP contribution is -2.32. The Kier molecular flexibility index (Phi) is 6.84. The van der Waals surface area contributed by atoms with Crippen LogP contribution in [0, 0.1) is 11.3 Å². The first-order valence-electron chi connectivity index (χ1n) is 7.83. The molecule has 0 saturated heterocycles. The van der Waals surface area contributed by atoms with Gasteiger partial charge in [-0.15, -0.1) is 0 Å². The zero-order valence-corrected chi connectivity index (χ0v) is 15.7. The monoisotopic (exact) mass is 402 g/mol. The van der Waals surface area contributed by atoms with Crippen molar-refractivity contribution in [3.8, 4) is 17.6 Å². The van der Waals surface area contributed by atoms with E-state index in [9.17, 15) is 4.79 Å². The minimum atomic E-state index is -0.221. The van der Waals surface area contributed by atoms with E-state index in [4.69, 9.17) is 14.7 Å². The Balaban J connectivity index is 1.98. The molecule has 130 valence electrons.